The summed E-state index contributed by atoms with van der Waals surface area (Å²) in [5, 5.41) is 15.7. The van der Waals surface area contributed by atoms with Gasteiger partial charge in [0.05, 0.1) is 28.6 Å². The largest absolute Gasteiger partial charge is 0.462 e. The normalized spacial score (nSPS) is 17.1. The Morgan fingerprint density at radius 3 is 2.35 bits per heavy atom. The molecule has 0 bridgehead atoms. The highest BCUT2D eigenvalue weighted by Crippen LogP contribution is 2.40. The summed E-state index contributed by atoms with van der Waals surface area (Å²) >= 11 is 12.3. The molecule has 2 aromatic carbocycles. The maximum atomic E-state index is 13.5. The van der Waals surface area contributed by atoms with E-state index in [9.17, 15) is 19.7 Å². The lowest BCUT2D eigenvalue weighted by Crippen LogP contribution is -2.33. The maximum absolute atomic E-state index is 13.5. The van der Waals surface area contributed by atoms with Crippen LogP contribution in [-0.2, 0) is 25.6 Å². The molecule has 2 aliphatic rings. The van der Waals surface area contributed by atoms with E-state index in [4.69, 9.17) is 32.7 Å². The molecule has 0 amide bonds. The van der Waals surface area contributed by atoms with Crippen LogP contribution >= 0.6 is 23.2 Å². The number of hydrogen-bond acceptors (Lipinski definition) is 8. The third-order valence-corrected chi connectivity index (χ3v) is 7.51. The second-order valence-corrected chi connectivity index (χ2v) is 11.0. The van der Waals surface area contributed by atoms with Gasteiger partial charge in [0.15, 0.2) is 0 Å². The summed E-state index contributed by atoms with van der Waals surface area (Å²) < 4.78 is 11.3. The predicted molar refractivity (Wildman–Crippen MR) is 152 cm³/mol. The van der Waals surface area contributed by atoms with Crippen LogP contribution < -0.4 is 5.32 Å². The lowest BCUT2D eigenvalue weighted by molar-refractivity contribution is -0.384. The summed E-state index contributed by atoms with van der Waals surface area (Å²) in [7, 11) is 1.87. The Bertz CT molecular complexity index is 1390. The van der Waals surface area contributed by atoms with E-state index in [2.05, 4.69) is 5.32 Å². The number of non-ortho nitro benzene ring substituents is 1. The Morgan fingerprint density at radius 2 is 1.73 bits per heavy atom. The average molecular weight is 588 g/mol. The monoisotopic (exact) mass is 587 g/mol. The van der Waals surface area contributed by atoms with Crippen LogP contribution in [0, 0.1) is 16.0 Å². The van der Waals surface area contributed by atoms with Crippen LogP contribution in [0.1, 0.15) is 43.7 Å². The average Bonchev–Trinajstić information content (AvgIpc) is 3.73. The fourth-order valence-corrected chi connectivity index (χ4v) is 5.10. The standard InChI is InChI=1S/C29H31Cl2N3O6/c1-17-25(28(35)39-12-11-33(3)15-21-9-10-22(30)14-24(21)31)27(20-5-4-6-23(13-20)34(37)38)26(18(2)32-17)29(36)40-16-19-7-8-19/h4-6,9-10,13-14,19,27,32H,7-8,11-12,15-16H2,1-3H3. The Morgan fingerprint density at radius 1 is 1.05 bits per heavy atom. The lowest BCUT2D eigenvalue weighted by atomic mass is 9.80. The molecular weight excluding hydrogens is 557 g/mol. The van der Waals surface area contributed by atoms with Gasteiger partial charge in [-0.05, 0) is 62.9 Å². The third kappa shape index (κ3) is 7.21. The van der Waals surface area contributed by atoms with E-state index in [1.165, 1.54) is 18.2 Å². The number of carbonyl (C=O) groups excluding carboxylic acids is 2. The summed E-state index contributed by atoms with van der Waals surface area (Å²) in [6.45, 7) is 4.74. The van der Waals surface area contributed by atoms with Crippen molar-refractivity contribution < 1.29 is 24.0 Å². The fraction of sp³-hybridized carbons (Fsp3) is 0.379. The number of allylic oxidation sites excluding steroid dienone is 2. The molecule has 11 heteroatoms. The molecular formula is C29H31Cl2N3O6. The topological polar surface area (TPSA) is 111 Å². The van der Waals surface area contributed by atoms with Gasteiger partial charge in [-0.2, -0.15) is 0 Å². The highest BCUT2D eigenvalue weighted by atomic mass is 35.5. The van der Waals surface area contributed by atoms with Crippen molar-refractivity contribution in [2.75, 3.05) is 26.8 Å². The molecule has 9 nitrogen and oxygen atoms in total. The van der Waals surface area contributed by atoms with Gasteiger partial charge in [-0.1, -0.05) is 41.4 Å². The maximum Gasteiger partial charge on any atom is 0.336 e. The molecule has 0 radical (unpaired) electrons. The van der Waals surface area contributed by atoms with Crippen LogP contribution in [0.25, 0.3) is 0 Å². The number of carbonyl (C=O) groups is 2. The smallest absolute Gasteiger partial charge is 0.336 e. The Hall–Kier alpha value is -3.40. The zero-order valence-electron chi connectivity index (χ0n) is 22.5. The van der Waals surface area contributed by atoms with Crippen molar-refractivity contribution >= 4 is 40.8 Å². The van der Waals surface area contributed by atoms with Gasteiger partial charge in [0.25, 0.3) is 5.69 Å². The number of hydrogen-bond donors (Lipinski definition) is 1. The van der Waals surface area contributed by atoms with Crippen molar-refractivity contribution in [2.45, 2.75) is 39.2 Å². The van der Waals surface area contributed by atoms with E-state index in [-0.39, 0.29) is 23.4 Å². The number of ether oxygens (including phenoxy) is 2. The van der Waals surface area contributed by atoms with Gasteiger partial charge in [-0.15, -0.1) is 0 Å². The first-order valence-electron chi connectivity index (χ1n) is 12.9. The van der Waals surface area contributed by atoms with E-state index in [1.807, 2.05) is 18.0 Å². The van der Waals surface area contributed by atoms with Gasteiger partial charge in [0.2, 0.25) is 0 Å². The molecule has 4 rings (SSSR count). The minimum atomic E-state index is -0.897. The number of halogens is 2. The molecule has 40 heavy (non-hydrogen) atoms. The molecule has 1 aliphatic carbocycles. The molecule has 0 aromatic heterocycles. The summed E-state index contributed by atoms with van der Waals surface area (Å²) in [5.74, 6) is -1.74. The minimum Gasteiger partial charge on any atom is -0.462 e. The molecule has 0 saturated heterocycles. The van der Waals surface area contributed by atoms with Crippen molar-refractivity contribution in [2.24, 2.45) is 5.92 Å². The first-order valence-corrected chi connectivity index (χ1v) is 13.7. The number of nitro benzene ring substituents is 1. The summed E-state index contributed by atoms with van der Waals surface area (Å²) in [6.07, 6.45) is 2.01. The number of likely N-dealkylation sites (N-methyl/N-ethyl adjacent to an activating group) is 1. The quantitative estimate of drug-likeness (QED) is 0.200. The Labute approximate surface area is 242 Å². The van der Waals surface area contributed by atoms with Crippen LogP contribution in [0.2, 0.25) is 10.0 Å². The van der Waals surface area contributed by atoms with Gasteiger partial charge < -0.3 is 14.8 Å². The van der Waals surface area contributed by atoms with Gasteiger partial charge in [0.1, 0.15) is 6.61 Å². The second kappa shape index (κ2) is 12.8. The van der Waals surface area contributed by atoms with Crippen molar-refractivity contribution in [3.63, 3.8) is 0 Å². The van der Waals surface area contributed by atoms with Crippen molar-refractivity contribution in [3.05, 3.63) is 96.3 Å². The first-order chi connectivity index (χ1) is 19.0. The number of nitrogens with zero attached hydrogens (tertiary/aromatic N) is 2. The number of dihydropyridines is 1. The summed E-state index contributed by atoms with van der Waals surface area (Å²) in [6, 6.07) is 11.2. The number of nitro groups is 1. The fourth-order valence-electron chi connectivity index (χ4n) is 4.63. The van der Waals surface area contributed by atoms with Crippen LogP contribution in [-0.4, -0.2) is 48.6 Å². The molecule has 2 aromatic rings. The number of benzene rings is 2. The van der Waals surface area contributed by atoms with Gasteiger partial charge in [0, 0.05) is 46.7 Å². The van der Waals surface area contributed by atoms with Crippen LogP contribution in [0.4, 0.5) is 5.69 Å². The summed E-state index contributed by atoms with van der Waals surface area (Å²) in [5.41, 5.74) is 2.61. The van der Waals surface area contributed by atoms with E-state index < -0.39 is 22.8 Å². The summed E-state index contributed by atoms with van der Waals surface area (Å²) in [4.78, 5) is 39.8. The van der Waals surface area contributed by atoms with Crippen LogP contribution in [0.15, 0.2) is 65.0 Å². The molecule has 1 aliphatic heterocycles. The second-order valence-electron chi connectivity index (χ2n) is 10.1. The lowest BCUT2D eigenvalue weighted by Gasteiger charge is -2.30. The molecule has 1 heterocycles. The Balaban J connectivity index is 1.54. The minimum absolute atomic E-state index is 0.0726. The van der Waals surface area contributed by atoms with E-state index in [1.54, 1.807) is 32.0 Å². The van der Waals surface area contributed by atoms with Gasteiger partial charge in [-0.25, -0.2) is 9.59 Å². The van der Waals surface area contributed by atoms with Gasteiger partial charge in [-0.3, -0.25) is 15.0 Å². The zero-order valence-corrected chi connectivity index (χ0v) is 24.1. The molecule has 1 atom stereocenters. The highest BCUT2D eigenvalue weighted by Gasteiger charge is 2.39. The van der Waals surface area contributed by atoms with E-state index in [0.29, 0.717) is 52.6 Å². The number of rotatable bonds is 11. The van der Waals surface area contributed by atoms with E-state index >= 15 is 0 Å². The van der Waals surface area contributed by atoms with E-state index in [0.717, 1.165) is 18.4 Å². The third-order valence-electron chi connectivity index (χ3n) is 6.92. The molecule has 1 fully saturated rings. The van der Waals surface area contributed by atoms with Crippen LogP contribution in [0.3, 0.4) is 0 Å². The first kappa shape index (κ1) is 29.6. The van der Waals surface area contributed by atoms with Crippen molar-refractivity contribution in [1.29, 1.82) is 0 Å². The molecule has 1 unspecified atom stereocenters. The highest BCUT2D eigenvalue weighted by molar-refractivity contribution is 6.35. The van der Waals surface area contributed by atoms with Crippen LogP contribution in [0.5, 0.6) is 0 Å². The Kier molecular flexibility index (Phi) is 9.50. The number of esters is 2. The molecule has 0 spiro atoms. The number of nitrogens with one attached hydrogen (secondary N) is 1. The molecule has 212 valence electrons. The zero-order chi connectivity index (χ0) is 29.0. The molecule has 1 N–H and O–H groups in total. The molecule has 1 saturated carbocycles. The SMILES string of the molecule is CC1=C(C(=O)OCCN(C)Cc2ccc(Cl)cc2Cl)C(c2cccc([N+](=O)[O-])c2)C(C(=O)OCC2CC2)=C(C)N1. The van der Waals surface area contributed by atoms with Crippen molar-refractivity contribution in [1.82, 2.24) is 10.2 Å². The predicted octanol–water partition coefficient (Wildman–Crippen LogP) is 5.76. The van der Waals surface area contributed by atoms with Crippen molar-refractivity contribution in [3.8, 4) is 0 Å². The van der Waals surface area contributed by atoms with Gasteiger partial charge >= 0.3 is 11.9 Å².